The van der Waals surface area contributed by atoms with Crippen LogP contribution < -0.4 is 10.1 Å². The summed E-state index contributed by atoms with van der Waals surface area (Å²) in [6, 6.07) is 15.5. The summed E-state index contributed by atoms with van der Waals surface area (Å²) in [6.07, 6.45) is 1.66. The lowest BCUT2D eigenvalue weighted by Gasteiger charge is -2.06. The molecule has 1 amide bonds. The molecule has 0 saturated heterocycles. The number of nitro benzene ring substituents is 1. The van der Waals surface area contributed by atoms with Crippen molar-refractivity contribution in [3.63, 3.8) is 0 Å². The molecule has 10 heteroatoms. The molecule has 0 aliphatic rings. The summed E-state index contributed by atoms with van der Waals surface area (Å²) in [5.41, 5.74) is 1.33. The van der Waals surface area contributed by atoms with Crippen LogP contribution in [0.1, 0.15) is 27.4 Å². The van der Waals surface area contributed by atoms with Crippen LogP contribution in [0.15, 0.2) is 71.3 Å². The Balaban J connectivity index is 1.36. The molecule has 0 unspecified atom stereocenters. The van der Waals surface area contributed by atoms with Crippen LogP contribution in [0.3, 0.4) is 0 Å². The first-order valence-electron chi connectivity index (χ1n) is 9.93. The number of carbonyl (C=O) groups excluding carboxylic acids is 1. The summed E-state index contributed by atoms with van der Waals surface area (Å²) in [4.78, 5) is 23.1. The molecule has 2 aromatic heterocycles. The predicted molar refractivity (Wildman–Crippen MR) is 117 cm³/mol. The topological polar surface area (TPSA) is 112 Å². The maximum atomic E-state index is 13.3. The monoisotopic (exact) mass is 450 g/mol. The second-order valence-corrected chi connectivity index (χ2v) is 7.27. The van der Waals surface area contributed by atoms with Crippen molar-refractivity contribution in [3.8, 4) is 5.75 Å². The minimum Gasteiger partial charge on any atom is -0.479 e. The van der Waals surface area contributed by atoms with E-state index in [9.17, 15) is 19.3 Å². The van der Waals surface area contributed by atoms with Gasteiger partial charge in [0.25, 0.3) is 5.91 Å². The minimum atomic E-state index is -0.517. The average molecular weight is 450 g/mol. The van der Waals surface area contributed by atoms with E-state index in [4.69, 9.17) is 9.15 Å². The van der Waals surface area contributed by atoms with Crippen LogP contribution in [0.5, 0.6) is 5.75 Å². The number of anilines is 1. The van der Waals surface area contributed by atoms with Crippen LogP contribution in [0.4, 0.5) is 15.9 Å². The molecule has 0 bridgehead atoms. The molecular formula is C23H19FN4O5. The fourth-order valence-electron chi connectivity index (χ4n) is 3.14. The van der Waals surface area contributed by atoms with Crippen molar-refractivity contribution in [1.82, 2.24) is 9.78 Å². The maximum absolute atomic E-state index is 13.3. The lowest BCUT2D eigenvalue weighted by Crippen LogP contribution is -2.12. The van der Waals surface area contributed by atoms with Gasteiger partial charge >= 0.3 is 5.69 Å². The predicted octanol–water partition coefficient (Wildman–Crippen LogP) is 4.71. The molecule has 2 heterocycles. The van der Waals surface area contributed by atoms with E-state index in [1.165, 1.54) is 30.3 Å². The van der Waals surface area contributed by atoms with Crippen LogP contribution in [0, 0.1) is 22.9 Å². The highest BCUT2D eigenvalue weighted by Crippen LogP contribution is 2.28. The number of carbonyl (C=O) groups is 1. The van der Waals surface area contributed by atoms with Gasteiger partial charge < -0.3 is 14.5 Å². The Hall–Kier alpha value is -4.47. The number of hydrogen-bond acceptors (Lipinski definition) is 6. The Morgan fingerprint density at radius 3 is 2.85 bits per heavy atom. The number of halogens is 1. The average Bonchev–Trinajstić information content (AvgIpc) is 3.42. The fourth-order valence-corrected chi connectivity index (χ4v) is 3.14. The highest BCUT2D eigenvalue weighted by Gasteiger charge is 2.17. The van der Waals surface area contributed by atoms with Gasteiger partial charge in [-0.25, -0.2) is 4.39 Å². The molecule has 2 aromatic carbocycles. The number of hydrogen-bond donors (Lipinski definition) is 1. The summed E-state index contributed by atoms with van der Waals surface area (Å²) in [7, 11) is 0. The van der Waals surface area contributed by atoms with Gasteiger partial charge in [0, 0.05) is 18.3 Å². The largest absolute Gasteiger partial charge is 0.479 e. The molecule has 0 spiro atoms. The number of aromatic nitrogens is 2. The zero-order valence-corrected chi connectivity index (χ0v) is 17.5. The lowest BCUT2D eigenvalue weighted by molar-refractivity contribution is -0.386. The third-order valence-electron chi connectivity index (χ3n) is 4.68. The second kappa shape index (κ2) is 9.35. The summed E-state index contributed by atoms with van der Waals surface area (Å²) in [5.74, 6) is -0.0718. The molecule has 0 fully saturated rings. The van der Waals surface area contributed by atoms with Crippen molar-refractivity contribution < 1.29 is 23.3 Å². The first-order chi connectivity index (χ1) is 15.9. The van der Waals surface area contributed by atoms with Gasteiger partial charge in [-0.15, -0.1) is 0 Å². The molecule has 0 saturated carbocycles. The first kappa shape index (κ1) is 21.8. The van der Waals surface area contributed by atoms with E-state index in [-0.39, 0.29) is 29.6 Å². The molecule has 0 radical (unpaired) electrons. The Morgan fingerprint density at radius 1 is 1.21 bits per heavy atom. The van der Waals surface area contributed by atoms with Gasteiger partial charge in [-0.05, 0) is 48.4 Å². The van der Waals surface area contributed by atoms with Crippen molar-refractivity contribution >= 4 is 17.4 Å². The van der Waals surface area contributed by atoms with Crippen LogP contribution in [-0.4, -0.2) is 20.6 Å². The third-order valence-corrected chi connectivity index (χ3v) is 4.68. The van der Waals surface area contributed by atoms with E-state index >= 15 is 0 Å². The van der Waals surface area contributed by atoms with E-state index in [0.717, 1.165) is 11.1 Å². The number of nitrogens with zero attached hydrogens (tertiary/aromatic N) is 3. The molecule has 4 aromatic rings. The van der Waals surface area contributed by atoms with Crippen LogP contribution in [0.25, 0.3) is 0 Å². The molecule has 0 aliphatic carbocycles. The number of ether oxygens (including phenoxy) is 1. The van der Waals surface area contributed by atoms with E-state index in [1.54, 1.807) is 48.1 Å². The smallest absolute Gasteiger partial charge is 0.311 e. The number of rotatable bonds is 8. The Morgan fingerprint density at radius 2 is 2.06 bits per heavy atom. The molecule has 33 heavy (non-hydrogen) atoms. The molecule has 1 N–H and O–H groups in total. The molecular weight excluding hydrogens is 431 g/mol. The zero-order chi connectivity index (χ0) is 23.4. The highest BCUT2D eigenvalue weighted by molar-refractivity contribution is 6.01. The zero-order valence-electron chi connectivity index (χ0n) is 17.5. The van der Waals surface area contributed by atoms with Gasteiger partial charge in [-0.3, -0.25) is 19.6 Å². The minimum absolute atomic E-state index is 0.0340. The van der Waals surface area contributed by atoms with Crippen molar-refractivity contribution in [1.29, 1.82) is 0 Å². The number of nitrogens with one attached hydrogen (secondary N) is 1. The summed E-state index contributed by atoms with van der Waals surface area (Å²) >= 11 is 0. The van der Waals surface area contributed by atoms with Gasteiger partial charge in [0.15, 0.2) is 17.3 Å². The number of aryl methyl sites for hydroxylation is 1. The van der Waals surface area contributed by atoms with E-state index in [2.05, 4.69) is 10.4 Å². The van der Waals surface area contributed by atoms with Crippen LogP contribution in [-0.2, 0) is 13.2 Å². The quantitative estimate of drug-likeness (QED) is 0.307. The van der Waals surface area contributed by atoms with Gasteiger partial charge in [0.05, 0.1) is 11.5 Å². The van der Waals surface area contributed by atoms with Crippen molar-refractivity contribution in [2.45, 2.75) is 20.1 Å². The first-order valence-corrected chi connectivity index (χ1v) is 9.93. The molecule has 168 valence electrons. The van der Waals surface area contributed by atoms with Crippen LogP contribution >= 0.6 is 0 Å². The SMILES string of the molecule is Cc1ccc(OCc2ccc(C(=O)Nc3ccn(Cc4cccc(F)c4)n3)o2)c([N+](=O)[O-])c1. The number of benzene rings is 2. The molecule has 4 rings (SSSR count). The summed E-state index contributed by atoms with van der Waals surface area (Å²) < 4.78 is 25.9. The Bertz CT molecular complexity index is 1310. The fraction of sp³-hybridized carbons (Fsp3) is 0.130. The Labute approximate surface area is 187 Å². The second-order valence-electron chi connectivity index (χ2n) is 7.27. The summed E-state index contributed by atoms with van der Waals surface area (Å²) in [6.45, 7) is 2.01. The Kier molecular flexibility index (Phi) is 6.16. The highest BCUT2D eigenvalue weighted by atomic mass is 19.1. The van der Waals surface area contributed by atoms with Gasteiger partial charge in [-0.1, -0.05) is 18.2 Å². The van der Waals surface area contributed by atoms with Crippen molar-refractivity contribution in [2.75, 3.05) is 5.32 Å². The van der Waals surface area contributed by atoms with Crippen molar-refractivity contribution in [2.24, 2.45) is 0 Å². The standard InChI is InChI=1S/C23H19FN4O5/c1-15-5-7-20(19(11-15)28(30)31)32-14-18-6-8-21(33-18)23(29)25-22-9-10-27(26-22)13-16-3-2-4-17(24)12-16/h2-12H,13-14H2,1H3,(H,25,26,29). The van der Waals surface area contributed by atoms with Crippen LogP contribution in [0.2, 0.25) is 0 Å². The van der Waals surface area contributed by atoms with Gasteiger partial charge in [0.1, 0.15) is 18.2 Å². The van der Waals surface area contributed by atoms with Gasteiger partial charge in [-0.2, -0.15) is 5.10 Å². The van der Waals surface area contributed by atoms with E-state index in [0.29, 0.717) is 18.1 Å². The number of nitro groups is 1. The third kappa shape index (κ3) is 5.42. The lowest BCUT2D eigenvalue weighted by atomic mass is 10.2. The van der Waals surface area contributed by atoms with E-state index in [1.807, 2.05) is 0 Å². The van der Waals surface area contributed by atoms with Crippen molar-refractivity contribution in [3.05, 3.63) is 105 Å². The summed E-state index contributed by atoms with van der Waals surface area (Å²) in [5, 5.41) is 18.1. The molecule has 9 nitrogen and oxygen atoms in total. The number of furan rings is 1. The van der Waals surface area contributed by atoms with Gasteiger partial charge in [0.2, 0.25) is 0 Å². The molecule has 0 atom stereocenters. The number of amides is 1. The maximum Gasteiger partial charge on any atom is 0.311 e. The normalized spacial score (nSPS) is 10.7. The molecule has 0 aliphatic heterocycles. The van der Waals surface area contributed by atoms with E-state index < -0.39 is 10.8 Å².